The summed E-state index contributed by atoms with van der Waals surface area (Å²) in [5, 5.41) is 0. The molecule has 0 unspecified atom stereocenters. The molecule has 1 nitrogen and oxygen atoms in total. The van der Waals surface area contributed by atoms with Gasteiger partial charge in [0.25, 0.3) is 0 Å². The molecule has 1 heterocycles. The summed E-state index contributed by atoms with van der Waals surface area (Å²) in [4.78, 5) is 0. The van der Waals surface area contributed by atoms with E-state index in [-0.39, 0.29) is 51.0 Å². The summed E-state index contributed by atoms with van der Waals surface area (Å²) in [7, 11) is 0. The van der Waals surface area contributed by atoms with Gasteiger partial charge in [-0.1, -0.05) is 70.2 Å². The number of aryl methyl sites for hydroxylation is 1. The number of benzene rings is 1. The molecule has 5 heteroatoms. The molecule has 24 heavy (non-hydrogen) atoms. The minimum Gasteiger partial charge on any atom is -1.00 e. The van der Waals surface area contributed by atoms with E-state index in [1.54, 1.807) is 0 Å². The maximum absolute atomic E-state index is 2.99. The zero-order chi connectivity index (χ0) is 14.7. The third-order valence-electron chi connectivity index (χ3n) is 3.37. The van der Waals surface area contributed by atoms with Crippen LogP contribution in [0.25, 0.3) is 16.9 Å². The minimum atomic E-state index is 0. The Kier molecular flexibility index (Phi) is 11.3. The van der Waals surface area contributed by atoms with Gasteiger partial charge < -0.3 is 29.4 Å². The van der Waals surface area contributed by atoms with Crippen molar-refractivity contribution in [1.29, 1.82) is 0 Å². The summed E-state index contributed by atoms with van der Waals surface area (Å²) in [6, 6.07) is 17.2. The Morgan fingerprint density at radius 1 is 1.12 bits per heavy atom. The molecular weight excluding hydrogens is 531 g/mol. The number of allylic oxidation sites excluding steroid dienone is 4. The number of hydrogen-bond acceptors (Lipinski definition) is 0. The molecule has 2 aliphatic carbocycles. The van der Waals surface area contributed by atoms with Gasteiger partial charge in [0.15, 0.2) is 0 Å². The largest absolute Gasteiger partial charge is 4.00 e. The van der Waals surface area contributed by atoms with Crippen LogP contribution in [0.15, 0.2) is 66.8 Å². The Balaban J connectivity index is 0.000000578. The fourth-order valence-electron chi connectivity index (χ4n) is 2.46. The number of aromatic nitrogens is 1. The van der Waals surface area contributed by atoms with Gasteiger partial charge in [0, 0.05) is 0 Å². The van der Waals surface area contributed by atoms with Gasteiger partial charge in [-0.2, -0.15) is 6.08 Å². The summed E-state index contributed by atoms with van der Waals surface area (Å²) in [5.74, 6) is 0. The van der Waals surface area contributed by atoms with E-state index >= 15 is 0 Å². The molecule has 0 bridgehead atoms. The molecular formula is C19H16Cl2INZr. The predicted octanol–water partition coefficient (Wildman–Crippen LogP) is -0.475. The summed E-state index contributed by atoms with van der Waals surface area (Å²) >= 11 is 2.39. The third-order valence-corrected chi connectivity index (χ3v) is 4.17. The van der Waals surface area contributed by atoms with E-state index in [2.05, 4.69) is 88.7 Å². The maximum atomic E-state index is 2.99. The average Bonchev–Trinajstić information content (AvgIpc) is 3.18. The monoisotopic (exact) mass is 545 g/mol. The average molecular weight is 547 g/mol. The van der Waals surface area contributed by atoms with Crippen LogP contribution >= 0.6 is 22.6 Å². The van der Waals surface area contributed by atoms with Crippen molar-refractivity contribution in [2.24, 2.45) is 0 Å². The molecule has 0 saturated carbocycles. The number of hydrogen-bond donors (Lipinski definition) is 0. The Hall–Kier alpha value is -0.217. The van der Waals surface area contributed by atoms with E-state index in [9.17, 15) is 0 Å². The third kappa shape index (κ3) is 5.66. The van der Waals surface area contributed by atoms with Gasteiger partial charge in [-0.15, -0.1) is 24.1 Å². The molecule has 3 aliphatic rings. The van der Waals surface area contributed by atoms with Crippen LogP contribution in [-0.4, -0.2) is 4.57 Å². The molecule has 0 amide bonds. The zero-order valence-electron chi connectivity index (χ0n) is 13.1. The fourth-order valence-corrected chi connectivity index (χ4v) is 3.33. The van der Waals surface area contributed by atoms with Crippen LogP contribution in [0.5, 0.6) is 0 Å². The second kappa shape index (κ2) is 11.4. The van der Waals surface area contributed by atoms with Crippen LogP contribution in [0.2, 0.25) is 0 Å². The van der Waals surface area contributed by atoms with Gasteiger partial charge in [-0.25, -0.2) is 12.2 Å². The summed E-state index contributed by atoms with van der Waals surface area (Å²) in [5.41, 5.74) is 5.18. The first-order chi connectivity index (χ1) is 10.3. The quantitative estimate of drug-likeness (QED) is 0.287. The molecule has 1 aliphatic heterocycles. The Morgan fingerprint density at radius 3 is 2.38 bits per heavy atom. The van der Waals surface area contributed by atoms with Crippen LogP contribution in [0.1, 0.15) is 12.0 Å². The molecule has 0 fully saturated rings. The number of nitrogens with zero attached hydrogens (tertiary/aromatic N) is 1. The fraction of sp³-hybridized carbons (Fsp3) is 0.105. The van der Waals surface area contributed by atoms with Crippen LogP contribution in [0.4, 0.5) is 0 Å². The Bertz CT molecular complexity index is 749. The standard InChI is InChI=1S/C14H11IN.C5H5.2ClH.Zr/c1-10-7-11-9-14(15)16(13(11)8-10)12-5-3-2-4-6-12;1-2-4-5-3-1;;;/h2-9H,1H3;1-3H,4H2;2*1H;/q2*-1;;;+4/p-2. The molecule has 0 saturated heterocycles. The van der Waals surface area contributed by atoms with Crippen molar-refractivity contribution in [3.05, 3.63) is 82.1 Å². The van der Waals surface area contributed by atoms with E-state index in [1.165, 1.54) is 26.2 Å². The van der Waals surface area contributed by atoms with Crippen molar-refractivity contribution in [2.45, 2.75) is 13.3 Å². The summed E-state index contributed by atoms with van der Waals surface area (Å²) < 4.78 is 3.55. The van der Waals surface area contributed by atoms with Crippen molar-refractivity contribution in [3.63, 3.8) is 0 Å². The van der Waals surface area contributed by atoms with Crippen molar-refractivity contribution in [2.75, 3.05) is 0 Å². The van der Waals surface area contributed by atoms with Gasteiger partial charge in [-0.05, 0) is 16.3 Å². The van der Waals surface area contributed by atoms with Crippen LogP contribution < -0.4 is 24.8 Å². The van der Waals surface area contributed by atoms with E-state index in [1.807, 2.05) is 18.2 Å². The molecule has 0 radical (unpaired) electrons. The van der Waals surface area contributed by atoms with Crippen molar-refractivity contribution in [1.82, 2.24) is 4.57 Å². The summed E-state index contributed by atoms with van der Waals surface area (Å²) in [6.45, 7) is 2.14. The normalized spacial score (nSPS) is 11.1. The first kappa shape index (κ1) is 23.8. The molecule has 0 atom stereocenters. The number of fused-ring (bicyclic) bond motifs is 1. The van der Waals surface area contributed by atoms with E-state index in [4.69, 9.17) is 0 Å². The summed E-state index contributed by atoms with van der Waals surface area (Å²) in [6.07, 6.45) is 10.0. The van der Waals surface area contributed by atoms with Crippen molar-refractivity contribution < 1.29 is 51.0 Å². The SMILES string of the molecule is Cc1cc2c[c-](I)n(-c3ccccc3)c-2c1.[C-]1=CC=CC1.[Cl-].[Cl-].[Zr+4]. The zero-order valence-corrected chi connectivity index (χ0v) is 19.3. The van der Waals surface area contributed by atoms with Crippen LogP contribution in [0.3, 0.4) is 0 Å². The smallest absolute Gasteiger partial charge is 1.00 e. The first-order valence-electron chi connectivity index (χ1n) is 6.97. The predicted molar refractivity (Wildman–Crippen MR) is 97.0 cm³/mol. The van der Waals surface area contributed by atoms with Gasteiger partial charge >= 0.3 is 26.2 Å². The Morgan fingerprint density at radius 2 is 1.83 bits per heavy atom. The maximum Gasteiger partial charge on any atom is 4.00 e. The second-order valence-corrected chi connectivity index (χ2v) is 6.12. The van der Waals surface area contributed by atoms with Gasteiger partial charge in [0.1, 0.15) is 0 Å². The molecule has 1 aromatic carbocycles. The number of rotatable bonds is 1. The topological polar surface area (TPSA) is 4.93 Å². The first-order valence-corrected chi connectivity index (χ1v) is 8.05. The van der Waals surface area contributed by atoms with E-state index in [0.29, 0.717) is 0 Å². The number of halogens is 3. The van der Waals surface area contributed by atoms with Crippen LogP contribution in [0, 0.1) is 16.7 Å². The van der Waals surface area contributed by atoms with Crippen LogP contribution in [-0.2, 0) is 26.2 Å². The van der Waals surface area contributed by atoms with Crippen molar-refractivity contribution >= 4 is 22.6 Å². The Labute approximate surface area is 189 Å². The second-order valence-electron chi connectivity index (χ2n) is 5.01. The number of para-hydroxylation sites is 1. The van der Waals surface area contributed by atoms with E-state index < -0.39 is 0 Å². The van der Waals surface area contributed by atoms with Gasteiger partial charge in [0.2, 0.25) is 0 Å². The van der Waals surface area contributed by atoms with E-state index in [0.717, 1.165) is 6.42 Å². The molecule has 0 N–H and O–H groups in total. The molecule has 0 spiro atoms. The van der Waals surface area contributed by atoms with Gasteiger partial charge in [-0.3, -0.25) is 6.08 Å². The van der Waals surface area contributed by atoms with Crippen molar-refractivity contribution in [3.8, 4) is 16.9 Å². The molecule has 1 aromatic rings. The minimum absolute atomic E-state index is 0. The van der Waals surface area contributed by atoms with Gasteiger partial charge in [0.05, 0.1) is 0 Å². The molecule has 122 valence electrons. The molecule has 4 rings (SSSR count). The molecule has 0 aromatic heterocycles.